The van der Waals surface area contributed by atoms with Gasteiger partial charge in [-0.3, -0.25) is 0 Å². The topological polar surface area (TPSA) is 8.88 Å². The maximum atomic E-state index is 2.33. The molecule has 2 aliphatic rings. The predicted octanol–water partition coefficient (Wildman–Crippen LogP) is 1.07. The minimum atomic E-state index is 0.957. The number of likely N-dealkylation sites (tertiary alicyclic amines) is 2. The monoisotopic (exact) mass is 296 g/mol. The normalized spacial score (nSPS) is 26.5. The molecule has 0 aromatic heterocycles. The first kappa shape index (κ1) is 14.2. The molecule has 2 nitrogen and oxygen atoms in total. The highest BCUT2D eigenvalue weighted by Gasteiger charge is 2.31. The zero-order valence-electron chi connectivity index (χ0n) is 13.5. The number of benzene rings is 2. The van der Waals surface area contributed by atoms with E-state index in [4.69, 9.17) is 0 Å². The number of hydrogen-bond acceptors (Lipinski definition) is 0. The van der Waals surface area contributed by atoms with Crippen molar-refractivity contribution in [3.05, 3.63) is 48.0 Å². The summed E-state index contributed by atoms with van der Waals surface area (Å²) in [6, 6.07) is 16.6. The van der Waals surface area contributed by atoms with Crippen LogP contribution in [0.15, 0.2) is 42.5 Å². The molecule has 0 aliphatic carbocycles. The van der Waals surface area contributed by atoms with E-state index in [0.29, 0.717) is 0 Å². The number of rotatable bonds is 3. The van der Waals surface area contributed by atoms with Gasteiger partial charge in [0.25, 0.3) is 0 Å². The van der Waals surface area contributed by atoms with Gasteiger partial charge in [-0.25, -0.2) is 0 Å². The third kappa shape index (κ3) is 2.90. The van der Waals surface area contributed by atoms with Gasteiger partial charge in [-0.2, -0.15) is 0 Å². The van der Waals surface area contributed by atoms with Gasteiger partial charge in [-0.15, -0.1) is 0 Å². The van der Waals surface area contributed by atoms with Gasteiger partial charge in [0.1, 0.15) is 6.54 Å². The Bertz CT molecular complexity index is 617. The number of piperidine rings is 1. The van der Waals surface area contributed by atoms with Crippen molar-refractivity contribution in [1.82, 2.24) is 0 Å². The zero-order chi connectivity index (χ0) is 14.8. The van der Waals surface area contributed by atoms with E-state index in [9.17, 15) is 0 Å². The third-order valence-corrected chi connectivity index (χ3v) is 5.84. The van der Waals surface area contributed by atoms with E-state index >= 15 is 0 Å². The van der Waals surface area contributed by atoms with Crippen molar-refractivity contribution in [1.29, 1.82) is 0 Å². The van der Waals surface area contributed by atoms with Gasteiger partial charge in [-0.1, -0.05) is 42.5 Å². The second-order valence-electron chi connectivity index (χ2n) is 7.20. The zero-order valence-corrected chi connectivity index (χ0v) is 13.5. The summed E-state index contributed by atoms with van der Waals surface area (Å²) < 4.78 is 0. The standard InChI is InChI=1S/C20H26N2/c1-2-9-20-17(6-1)7-5-8-18(20)16-21-14-10-19(11-15-21)22-12-3-4-13-22/h1-2,5-9,19H,3-4,10-16H2/p+2. The molecule has 0 saturated carbocycles. The Hall–Kier alpha value is -1.38. The van der Waals surface area contributed by atoms with Crippen LogP contribution in [0.25, 0.3) is 10.8 Å². The largest absolute Gasteiger partial charge is 0.332 e. The average Bonchev–Trinajstić information content (AvgIpc) is 3.10. The van der Waals surface area contributed by atoms with Gasteiger partial charge in [0, 0.05) is 31.2 Å². The van der Waals surface area contributed by atoms with Crippen molar-refractivity contribution in [2.75, 3.05) is 26.2 Å². The molecule has 2 aliphatic heterocycles. The van der Waals surface area contributed by atoms with Crippen molar-refractivity contribution in [2.24, 2.45) is 0 Å². The van der Waals surface area contributed by atoms with Crippen LogP contribution in [0.3, 0.4) is 0 Å². The van der Waals surface area contributed by atoms with E-state index in [-0.39, 0.29) is 0 Å². The van der Waals surface area contributed by atoms with Crippen molar-refractivity contribution in [2.45, 2.75) is 38.3 Å². The maximum Gasteiger partial charge on any atom is 0.103 e. The Labute approximate surface area is 133 Å². The summed E-state index contributed by atoms with van der Waals surface area (Å²) in [6.45, 7) is 6.78. The van der Waals surface area contributed by atoms with Crippen LogP contribution < -0.4 is 9.80 Å². The number of nitrogens with one attached hydrogen (secondary N) is 2. The average molecular weight is 296 g/mol. The van der Waals surface area contributed by atoms with E-state index in [0.717, 1.165) is 6.04 Å². The van der Waals surface area contributed by atoms with Crippen LogP contribution in [-0.4, -0.2) is 32.2 Å². The van der Waals surface area contributed by atoms with Gasteiger partial charge in [-0.05, 0) is 10.8 Å². The Morgan fingerprint density at radius 3 is 2.36 bits per heavy atom. The summed E-state index contributed by atoms with van der Waals surface area (Å²) in [7, 11) is 0. The summed E-state index contributed by atoms with van der Waals surface area (Å²) in [5, 5.41) is 2.83. The van der Waals surface area contributed by atoms with Gasteiger partial charge in [0.05, 0.1) is 32.2 Å². The van der Waals surface area contributed by atoms with Gasteiger partial charge in [0.2, 0.25) is 0 Å². The molecule has 0 radical (unpaired) electrons. The number of fused-ring (bicyclic) bond motifs is 1. The maximum absolute atomic E-state index is 2.33. The minimum Gasteiger partial charge on any atom is -0.332 e. The fraction of sp³-hybridized carbons (Fsp3) is 0.500. The molecule has 0 spiro atoms. The first-order chi connectivity index (χ1) is 10.9. The van der Waals surface area contributed by atoms with E-state index in [1.165, 1.54) is 74.7 Å². The molecule has 2 saturated heterocycles. The van der Waals surface area contributed by atoms with E-state index in [1.807, 2.05) is 4.90 Å². The molecule has 2 aromatic rings. The van der Waals surface area contributed by atoms with Crippen molar-refractivity contribution in [3.8, 4) is 0 Å². The quantitative estimate of drug-likeness (QED) is 0.838. The van der Waals surface area contributed by atoms with Crippen molar-refractivity contribution in [3.63, 3.8) is 0 Å². The second kappa shape index (κ2) is 6.39. The lowest BCUT2D eigenvalue weighted by Gasteiger charge is -2.32. The molecule has 22 heavy (non-hydrogen) atoms. The van der Waals surface area contributed by atoms with Crippen LogP contribution in [0.1, 0.15) is 31.2 Å². The van der Waals surface area contributed by atoms with E-state index in [1.54, 1.807) is 4.90 Å². The van der Waals surface area contributed by atoms with Gasteiger partial charge in [0.15, 0.2) is 0 Å². The van der Waals surface area contributed by atoms with Crippen LogP contribution in [0.4, 0.5) is 0 Å². The molecule has 2 heteroatoms. The van der Waals surface area contributed by atoms with Crippen molar-refractivity contribution >= 4 is 10.8 Å². The summed E-state index contributed by atoms with van der Waals surface area (Å²) in [6.07, 6.45) is 5.77. The lowest BCUT2D eigenvalue weighted by Crippen LogP contribution is -3.19. The molecule has 2 heterocycles. The molecule has 116 valence electrons. The summed E-state index contributed by atoms with van der Waals surface area (Å²) in [5.74, 6) is 0. The lowest BCUT2D eigenvalue weighted by molar-refractivity contribution is -0.957. The highest BCUT2D eigenvalue weighted by molar-refractivity contribution is 5.85. The molecule has 2 N–H and O–H groups in total. The number of quaternary nitrogens is 2. The predicted molar refractivity (Wildman–Crippen MR) is 91.3 cm³/mol. The molecule has 0 unspecified atom stereocenters. The van der Waals surface area contributed by atoms with Crippen LogP contribution >= 0.6 is 0 Å². The summed E-state index contributed by atoms with van der Waals surface area (Å²) >= 11 is 0. The second-order valence-corrected chi connectivity index (χ2v) is 7.20. The van der Waals surface area contributed by atoms with Gasteiger partial charge < -0.3 is 9.80 Å². The smallest absolute Gasteiger partial charge is 0.103 e. The molecular formula is C20H28N2+2. The molecular weight excluding hydrogens is 268 g/mol. The Balaban J connectivity index is 1.41. The summed E-state index contributed by atoms with van der Waals surface area (Å²) in [5.41, 5.74) is 1.53. The fourth-order valence-corrected chi connectivity index (χ4v) is 4.56. The van der Waals surface area contributed by atoms with E-state index in [2.05, 4.69) is 42.5 Å². The van der Waals surface area contributed by atoms with Crippen LogP contribution in [0, 0.1) is 0 Å². The SMILES string of the molecule is c1ccc2c(C[NH+]3CCC([NH+]4CCCC4)CC3)cccc2c1. The molecule has 2 fully saturated rings. The Morgan fingerprint density at radius 1 is 0.818 bits per heavy atom. The Kier molecular flexibility index (Phi) is 4.13. The van der Waals surface area contributed by atoms with E-state index < -0.39 is 0 Å². The van der Waals surface area contributed by atoms with Crippen LogP contribution in [0.2, 0.25) is 0 Å². The number of hydrogen-bond donors (Lipinski definition) is 2. The molecule has 2 aromatic carbocycles. The Morgan fingerprint density at radius 2 is 1.55 bits per heavy atom. The van der Waals surface area contributed by atoms with Gasteiger partial charge >= 0.3 is 0 Å². The first-order valence-corrected chi connectivity index (χ1v) is 9.05. The highest BCUT2D eigenvalue weighted by Crippen LogP contribution is 2.17. The minimum absolute atomic E-state index is 0.957. The van der Waals surface area contributed by atoms with Crippen LogP contribution in [-0.2, 0) is 6.54 Å². The molecule has 0 bridgehead atoms. The van der Waals surface area contributed by atoms with Crippen molar-refractivity contribution < 1.29 is 9.80 Å². The lowest BCUT2D eigenvalue weighted by atomic mass is 10.0. The molecule has 0 amide bonds. The van der Waals surface area contributed by atoms with Crippen LogP contribution in [0.5, 0.6) is 0 Å². The first-order valence-electron chi connectivity index (χ1n) is 9.05. The fourth-order valence-electron chi connectivity index (χ4n) is 4.56. The summed E-state index contributed by atoms with van der Waals surface area (Å²) in [4.78, 5) is 3.69. The highest BCUT2D eigenvalue weighted by atomic mass is 15.2. The third-order valence-electron chi connectivity index (χ3n) is 5.84. The molecule has 4 rings (SSSR count). The molecule has 0 atom stereocenters.